The molecular weight excluding hydrogens is 271 g/mol. The number of rotatable bonds is 4. The maximum Gasteiger partial charge on any atom is 0.411 e. The first-order chi connectivity index (χ1) is 9.44. The highest BCUT2D eigenvalue weighted by Crippen LogP contribution is 2.34. The number of hydrogen-bond donors (Lipinski definition) is 1. The third-order valence-corrected chi connectivity index (χ3v) is 3.53. The minimum atomic E-state index is -4.30. The van der Waals surface area contributed by atoms with E-state index in [2.05, 4.69) is 5.32 Å². The average Bonchev–Trinajstić information content (AvgIpc) is 2.42. The molecule has 6 heteroatoms. The van der Waals surface area contributed by atoms with Gasteiger partial charge in [0.2, 0.25) is 0 Å². The molecule has 1 aromatic carbocycles. The second-order valence-electron chi connectivity index (χ2n) is 4.83. The molecule has 1 aliphatic carbocycles. The fourth-order valence-corrected chi connectivity index (χ4v) is 2.60. The maximum absolute atomic E-state index is 12.3. The van der Waals surface area contributed by atoms with Crippen molar-refractivity contribution in [1.82, 2.24) is 5.32 Å². The van der Waals surface area contributed by atoms with E-state index in [4.69, 9.17) is 9.47 Å². The molecule has 0 amide bonds. The van der Waals surface area contributed by atoms with Gasteiger partial charge < -0.3 is 14.8 Å². The van der Waals surface area contributed by atoms with Gasteiger partial charge in [0.25, 0.3) is 0 Å². The van der Waals surface area contributed by atoms with Crippen LogP contribution in [0.4, 0.5) is 13.2 Å². The number of fused-ring (bicyclic) bond motifs is 1. The Bertz CT molecular complexity index is 462. The summed E-state index contributed by atoms with van der Waals surface area (Å²) in [6.45, 7) is -1.21. The van der Waals surface area contributed by atoms with Crippen LogP contribution in [-0.2, 0) is 11.2 Å². The van der Waals surface area contributed by atoms with E-state index in [0.29, 0.717) is 18.6 Å². The van der Waals surface area contributed by atoms with Crippen LogP contribution in [0.1, 0.15) is 23.6 Å². The van der Waals surface area contributed by atoms with Gasteiger partial charge in [-0.3, -0.25) is 0 Å². The quantitative estimate of drug-likeness (QED) is 0.924. The van der Waals surface area contributed by atoms with Crippen molar-refractivity contribution >= 4 is 0 Å². The van der Waals surface area contributed by atoms with Gasteiger partial charge in [-0.15, -0.1) is 0 Å². The zero-order valence-electron chi connectivity index (χ0n) is 11.5. The van der Waals surface area contributed by atoms with Crippen LogP contribution in [0.2, 0.25) is 0 Å². The van der Waals surface area contributed by atoms with Crippen LogP contribution in [0.15, 0.2) is 18.2 Å². The molecule has 1 aromatic rings. The summed E-state index contributed by atoms with van der Waals surface area (Å²) in [5.41, 5.74) is 2.07. The summed E-state index contributed by atoms with van der Waals surface area (Å²) in [5, 5.41) is 3.05. The number of nitrogens with one attached hydrogen (secondary N) is 1. The van der Waals surface area contributed by atoms with Crippen LogP contribution >= 0.6 is 0 Å². The first-order valence-corrected chi connectivity index (χ1v) is 6.47. The molecular formula is C14H18F3NO2. The summed E-state index contributed by atoms with van der Waals surface area (Å²) in [7, 11) is 3.29. The van der Waals surface area contributed by atoms with E-state index in [1.54, 1.807) is 14.2 Å². The Labute approximate surface area is 116 Å². The molecule has 0 spiro atoms. The molecule has 0 aliphatic heterocycles. The van der Waals surface area contributed by atoms with Crippen molar-refractivity contribution in [3.8, 4) is 5.75 Å². The SMILES string of the molecule is CNC1c2cc(OC)ccc2CCC1OCC(F)(F)F. The second kappa shape index (κ2) is 6.01. The first kappa shape index (κ1) is 15.1. The van der Waals surface area contributed by atoms with Crippen LogP contribution in [-0.4, -0.2) is 33.0 Å². The van der Waals surface area contributed by atoms with Crippen LogP contribution in [0, 0.1) is 0 Å². The molecule has 2 rings (SSSR count). The molecule has 0 heterocycles. The first-order valence-electron chi connectivity index (χ1n) is 6.47. The van der Waals surface area contributed by atoms with E-state index >= 15 is 0 Å². The molecule has 1 aliphatic rings. The standard InChI is InChI=1S/C14H18F3NO2/c1-18-13-11-7-10(19-2)5-3-9(11)4-6-12(13)20-8-14(15,16)17/h3,5,7,12-13,18H,4,6,8H2,1-2H3. The maximum atomic E-state index is 12.3. The second-order valence-corrected chi connectivity index (χ2v) is 4.83. The van der Waals surface area contributed by atoms with Gasteiger partial charge in [-0.2, -0.15) is 13.2 Å². The smallest absolute Gasteiger partial charge is 0.411 e. The van der Waals surface area contributed by atoms with Gasteiger partial charge >= 0.3 is 6.18 Å². The van der Waals surface area contributed by atoms with Gasteiger partial charge in [-0.1, -0.05) is 6.07 Å². The van der Waals surface area contributed by atoms with Crippen LogP contribution in [0.25, 0.3) is 0 Å². The van der Waals surface area contributed by atoms with E-state index in [0.717, 1.165) is 11.1 Å². The molecule has 2 unspecified atom stereocenters. The topological polar surface area (TPSA) is 30.5 Å². The van der Waals surface area contributed by atoms with Crippen LogP contribution in [0.5, 0.6) is 5.75 Å². The van der Waals surface area contributed by atoms with Gasteiger partial charge in [-0.05, 0) is 43.1 Å². The Morgan fingerprint density at radius 2 is 2.10 bits per heavy atom. The Morgan fingerprint density at radius 1 is 1.35 bits per heavy atom. The number of aryl methyl sites for hydroxylation is 1. The summed E-state index contributed by atoms with van der Waals surface area (Å²) >= 11 is 0. The minimum Gasteiger partial charge on any atom is -0.497 e. The largest absolute Gasteiger partial charge is 0.497 e. The summed E-state index contributed by atoms with van der Waals surface area (Å²) in [4.78, 5) is 0. The van der Waals surface area contributed by atoms with Gasteiger partial charge in [-0.25, -0.2) is 0 Å². The van der Waals surface area contributed by atoms with Gasteiger partial charge in [0, 0.05) is 0 Å². The summed E-state index contributed by atoms with van der Waals surface area (Å²) in [6, 6.07) is 5.43. The lowest BCUT2D eigenvalue weighted by atomic mass is 9.85. The van der Waals surface area contributed by atoms with Crippen molar-refractivity contribution in [3.63, 3.8) is 0 Å². The van der Waals surface area contributed by atoms with Crippen molar-refractivity contribution in [2.75, 3.05) is 20.8 Å². The number of benzene rings is 1. The van der Waals surface area contributed by atoms with E-state index < -0.39 is 18.9 Å². The summed E-state index contributed by atoms with van der Waals surface area (Å²) in [5.74, 6) is 0.695. The molecule has 0 radical (unpaired) electrons. The van der Waals surface area contributed by atoms with E-state index in [-0.39, 0.29) is 6.04 Å². The van der Waals surface area contributed by atoms with Crippen molar-refractivity contribution in [2.24, 2.45) is 0 Å². The molecule has 0 bridgehead atoms. The molecule has 0 fully saturated rings. The Morgan fingerprint density at radius 3 is 2.70 bits per heavy atom. The number of halogens is 3. The van der Waals surface area contributed by atoms with Gasteiger partial charge in [0.15, 0.2) is 0 Å². The van der Waals surface area contributed by atoms with Gasteiger partial charge in [0.1, 0.15) is 12.4 Å². The highest BCUT2D eigenvalue weighted by molar-refractivity contribution is 5.40. The van der Waals surface area contributed by atoms with Crippen LogP contribution < -0.4 is 10.1 Å². The summed E-state index contributed by atoms with van der Waals surface area (Å²) < 4.78 is 47.1. The number of ether oxygens (including phenoxy) is 2. The van der Waals surface area contributed by atoms with E-state index in [9.17, 15) is 13.2 Å². The van der Waals surface area contributed by atoms with E-state index in [1.165, 1.54) is 0 Å². The lowest BCUT2D eigenvalue weighted by molar-refractivity contribution is -0.189. The number of methoxy groups -OCH3 is 1. The number of likely N-dealkylation sites (N-methyl/N-ethyl adjacent to an activating group) is 1. The molecule has 0 saturated heterocycles. The van der Waals surface area contributed by atoms with Crippen molar-refractivity contribution < 1.29 is 22.6 Å². The Hall–Kier alpha value is -1.27. The van der Waals surface area contributed by atoms with Crippen molar-refractivity contribution in [3.05, 3.63) is 29.3 Å². The Balaban J connectivity index is 2.18. The molecule has 0 aromatic heterocycles. The highest BCUT2D eigenvalue weighted by atomic mass is 19.4. The lowest BCUT2D eigenvalue weighted by Gasteiger charge is -2.33. The predicted octanol–water partition coefficient (Wildman–Crippen LogP) is 2.85. The normalized spacial score (nSPS) is 22.4. The lowest BCUT2D eigenvalue weighted by Crippen LogP contribution is -2.38. The number of alkyl halides is 3. The van der Waals surface area contributed by atoms with Gasteiger partial charge in [0.05, 0.1) is 19.3 Å². The predicted molar refractivity (Wildman–Crippen MR) is 68.9 cm³/mol. The molecule has 3 nitrogen and oxygen atoms in total. The third kappa shape index (κ3) is 3.43. The minimum absolute atomic E-state index is 0.254. The van der Waals surface area contributed by atoms with E-state index in [1.807, 2.05) is 18.2 Å². The zero-order valence-corrected chi connectivity index (χ0v) is 11.5. The summed E-state index contributed by atoms with van der Waals surface area (Å²) in [6.07, 6.45) is -3.50. The molecule has 0 saturated carbocycles. The highest BCUT2D eigenvalue weighted by Gasteiger charge is 2.34. The van der Waals surface area contributed by atoms with Crippen molar-refractivity contribution in [1.29, 1.82) is 0 Å². The molecule has 112 valence electrons. The van der Waals surface area contributed by atoms with Crippen LogP contribution in [0.3, 0.4) is 0 Å². The fraction of sp³-hybridized carbons (Fsp3) is 0.571. The average molecular weight is 289 g/mol. The zero-order chi connectivity index (χ0) is 14.8. The fourth-order valence-electron chi connectivity index (χ4n) is 2.60. The monoisotopic (exact) mass is 289 g/mol. The number of hydrogen-bond acceptors (Lipinski definition) is 3. The Kier molecular flexibility index (Phi) is 4.55. The van der Waals surface area contributed by atoms with Crippen molar-refractivity contribution in [2.45, 2.75) is 31.2 Å². The third-order valence-electron chi connectivity index (χ3n) is 3.53. The molecule has 2 atom stereocenters. The molecule has 1 N–H and O–H groups in total. The molecule has 20 heavy (non-hydrogen) atoms.